The van der Waals surface area contributed by atoms with Gasteiger partial charge in [0.05, 0.1) is 12.3 Å². The molecule has 0 saturated heterocycles. The van der Waals surface area contributed by atoms with E-state index in [0.717, 1.165) is 22.4 Å². The first-order valence-electron chi connectivity index (χ1n) is 9.81. The molecule has 156 valence electrons. The van der Waals surface area contributed by atoms with E-state index >= 15 is 0 Å². The number of nitrogens with one attached hydrogen (secondary N) is 1. The molecule has 0 bridgehead atoms. The standard InChI is InChI=1S/C24H21FN4OS/c1-17-7-13-21(14-8-17)26-22(30)16-31-24-28-27-23(19-9-11-20(25)12-10-19)29(24)15-18-5-3-2-4-6-18/h2-14H,15-16H2,1H3,(H,26,30). The topological polar surface area (TPSA) is 59.8 Å². The quantitative estimate of drug-likeness (QED) is 0.409. The summed E-state index contributed by atoms with van der Waals surface area (Å²) < 4.78 is 15.3. The Hall–Kier alpha value is -3.45. The van der Waals surface area contributed by atoms with Crippen LogP contribution in [0.4, 0.5) is 10.1 Å². The maximum Gasteiger partial charge on any atom is 0.234 e. The zero-order valence-corrected chi connectivity index (χ0v) is 17.8. The molecule has 3 aromatic carbocycles. The van der Waals surface area contributed by atoms with Crippen LogP contribution >= 0.6 is 11.8 Å². The van der Waals surface area contributed by atoms with Crippen molar-refractivity contribution in [2.75, 3.05) is 11.1 Å². The van der Waals surface area contributed by atoms with Crippen LogP contribution in [0.2, 0.25) is 0 Å². The lowest BCUT2D eigenvalue weighted by molar-refractivity contribution is -0.113. The second-order valence-electron chi connectivity index (χ2n) is 7.09. The first kappa shape index (κ1) is 20.8. The van der Waals surface area contributed by atoms with E-state index in [1.54, 1.807) is 12.1 Å². The van der Waals surface area contributed by atoms with Crippen molar-refractivity contribution in [1.29, 1.82) is 0 Å². The molecule has 1 amide bonds. The molecule has 31 heavy (non-hydrogen) atoms. The Bertz CT molecular complexity index is 1160. The van der Waals surface area contributed by atoms with Crippen molar-refractivity contribution < 1.29 is 9.18 Å². The summed E-state index contributed by atoms with van der Waals surface area (Å²) in [5.41, 5.74) is 3.74. The number of aryl methyl sites for hydroxylation is 1. The predicted molar refractivity (Wildman–Crippen MR) is 121 cm³/mol. The minimum absolute atomic E-state index is 0.119. The number of benzene rings is 3. The van der Waals surface area contributed by atoms with Gasteiger partial charge in [-0.05, 0) is 48.9 Å². The molecule has 0 aliphatic carbocycles. The molecular formula is C24H21FN4OS. The Morgan fingerprint density at radius 2 is 1.68 bits per heavy atom. The summed E-state index contributed by atoms with van der Waals surface area (Å²) >= 11 is 1.32. The van der Waals surface area contributed by atoms with Crippen molar-refractivity contribution in [2.24, 2.45) is 0 Å². The highest BCUT2D eigenvalue weighted by Gasteiger charge is 2.16. The van der Waals surface area contributed by atoms with Crippen LogP contribution in [0.3, 0.4) is 0 Å². The lowest BCUT2D eigenvalue weighted by atomic mass is 10.2. The third-order valence-corrected chi connectivity index (χ3v) is 5.64. The molecule has 0 fully saturated rings. The smallest absolute Gasteiger partial charge is 0.234 e. The number of thioether (sulfide) groups is 1. The highest BCUT2D eigenvalue weighted by atomic mass is 32.2. The average molecular weight is 433 g/mol. The van der Waals surface area contributed by atoms with Gasteiger partial charge in [0, 0.05) is 11.3 Å². The van der Waals surface area contributed by atoms with Gasteiger partial charge in [-0.1, -0.05) is 59.8 Å². The van der Waals surface area contributed by atoms with E-state index in [2.05, 4.69) is 15.5 Å². The van der Waals surface area contributed by atoms with Crippen molar-refractivity contribution in [3.8, 4) is 11.4 Å². The molecule has 0 saturated carbocycles. The number of hydrogen-bond acceptors (Lipinski definition) is 4. The van der Waals surface area contributed by atoms with Crippen molar-refractivity contribution in [3.05, 3.63) is 95.8 Å². The van der Waals surface area contributed by atoms with E-state index in [0.29, 0.717) is 17.5 Å². The summed E-state index contributed by atoms with van der Waals surface area (Å²) in [6.45, 7) is 2.54. The number of aromatic nitrogens is 3. The van der Waals surface area contributed by atoms with E-state index < -0.39 is 0 Å². The molecule has 1 aromatic heterocycles. The van der Waals surface area contributed by atoms with Crippen LogP contribution in [-0.2, 0) is 11.3 Å². The number of rotatable bonds is 7. The Labute approximate surface area is 184 Å². The van der Waals surface area contributed by atoms with E-state index in [-0.39, 0.29) is 17.5 Å². The summed E-state index contributed by atoms with van der Waals surface area (Å²) in [6, 6.07) is 23.8. The number of hydrogen-bond donors (Lipinski definition) is 1. The zero-order chi connectivity index (χ0) is 21.6. The SMILES string of the molecule is Cc1ccc(NC(=O)CSc2nnc(-c3ccc(F)cc3)n2Cc2ccccc2)cc1. The third-order valence-electron chi connectivity index (χ3n) is 4.67. The van der Waals surface area contributed by atoms with Gasteiger partial charge in [0.25, 0.3) is 0 Å². The maximum atomic E-state index is 13.4. The molecule has 0 unspecified atom stereocenters. The van der Waals surface area contributed by atoms with Gasteiger partial charge in [-0.2, -0.15) is 0 Å². The van der Waals surface area contributed by atoms with Crippen LogP contribution in [0.15, 0.2) is 84.0 Å². The molecule has 0 aliphatic heterocycles. The lowest BCUT2D eigenvalue weighted by Crippen LogP contribution is -2.14. The highest BCUT2D eigenvalue weighted by molar-refractivity contribution is 7.99. The van der Waals surface area contributed by atoms with Crippen molar-refractivity contribution in [1.82, 2.24) is 14.8 Å². The summed E-state index contributed by atoms with van der Waals surface area (Å²) in [4.78, 5) is 12.4. The van der Waals surface area contributed by atoms with Crippen molar-refractivity contribution in [3.63, 3.8) is 0 Å². The zero-order valence-electron chi connectivity index (χ0n) is 17.0. The van der Waals surface area contributed by atoms with E-state index in [9.17, 15) is 9.18 Å². The molecule has 4 aromatic rings. The Morgan fingerprint density at radius 1 is 0.968 bits per heavy atom. The predicted octanol–water partition coefficient (Wildman–Crippen LogP) is 5.17. The number of halogens is 1. The number of carbonyl (C=O) groups excluding carboxylic acids is 1. The minimum atomic E-state index is -0.305. The fourth-order valence-corrected chi connectivity index (χ4v) is 3.82. The van der Waals surface area contributed by atoms with Crippen LogP contribution < -0.4 is 5.32 Å². The molecular weight excluding hydrogens is 411 g/mol. The van der Waals surface area contributed by atoms with E-state index in [1.807, 2.05) is 66.1 Å². The Balaban J connectivity index is 1.54. The lowest BCUT2D eigenvalue weighted by Gasteiger charge is -2.11. The van der Waals surface area contributed by atoms with Crippen LogP contribution in [0.25, 0.3) is 11.4 Å². The summed E-state index contributed by atoms with van der Waals surface area (Å²) in [6.07, 6.45) is 0. The summed E-state index contributed by atoms with van der Waals surface area (Å²) in [7, 11) is 0. The summed E-state index contributed by atoms with van der Waals surface area (Å²) in [5.74, 6) is 0.404. The number of nitrogens with zero attached hydrogens (tertiary/aromatic N) is 3. The number of anilines is 1. The first-order chi connectivity index (χ1) is 15.1. The molecule has 0 spiro atoms. The fraction of sp³-hybridized carbons (Fsp3) is 0.125. The van der Waals surface area contributed by atoms with Crippen LogP contribution in [0, 0.1) is 12.7 Å². The minimum Gasteiger partial charge on any atom is -0.325 e. The molecule has 0 aliphatic rings. The van der Waals surface area contributed by atoms with Gasteiger partial charge in [-0.15, -0.1) is 10.2 Å². The van der Waals surface area contributed by atoms with Crippen LogP contribution in [0.1, 0.15) is 11.1 Å². The molecule has 1 heterocycles. The second kappa shape index (κ2) is 9.57. The van der Waals surface area contributed by atoms with Gasteiger partial charge in [-0.3, -0.25) is 9.36 Å². The normalized spacial score (nSPS) is 10.8. The maximum absolute atomic E-state index is 13.4. The van der Waals surface area contributed by atoms with Gasteiger partial charge in [0.1, 0.15) is 5.82 Å². The molecule has 5 nitrogen and oxygen atoms in total. The highest BCUT2D eigenvalue weighted by Crippen LogP contribution is 2.25. The first-order valence-corrected chi connectivity index (χ1v) is 10.8. The third kappa shape index (κ3) is 5.38. The number of amides is 1. The second-order valence-corrected chi connectivity index (χ2v) is 8.03. The van der Waals surface area contributed by atoms with E-state index in [4.69, 9.17) is 0 Å². The average Bonchev–Trinajstić information content (AvgIpc) is 3.17. The Kier molecular flexibility index (Phi) is 6.43. The van der Waals surface area contributed by atoms with Gasteiger partial charge >= 0.3 is 0 Å². The summed E-state index contributed by atoms with van der Waals surface area (Å²) in [5, 5.41) is 12.1. The fourth-order valence-electron chi connectivity index (χ4n) is 3.08. The van der Waals surface area contributed by atoms with Crippen LogP contribution in [0.5, 0.6) is 0 Å². The molecule has 7 heteroatoms. The molecule has 1 N–H and O–H groups in total. The van der Waals surface area contributed by atoms with Gasteiger partial charge in [0.15, 0.2) is 11.0 Å². The van der Waals surface area contributed by atoms with Crippen molar-refractivity contribution in [2.45, 2.75) is 18.6 Å². The number of carbonyl (C=O) groups is 1. The molecule has 4 rings (SSSR count). The van der Waals surface area contributed by atoms with Gasteiger partial charge in [0.2, 0.25) is 5.91 Å². The van der Waals surface area contributed by atoms with Gasteiger partial charge < -0.3 is 5.32 Å². The van der Waals surface area contributed by atoms with Gasteiger partial charge in [-0.25, -0.2) is 4.39 Å². The monoisotopic (exact) mass is 432 g/mol. The van der Waals surface area contributed by atoms with Crippen molar-refractivity contribution >= 4 is 23.4 Å². The Morgan fingerprint density at radius 3 is 2.39 bits per heavy atom. The molecule has 0 atom stereocenters. The molecule has 0 radical (unpaired) electrons. The van der Waals surface area contributed by atoms with Crippen LogP contribution in [-0.4, -0.2) is 26.4 Å². The largest absolute Gasteiger partial charge is 0.325 e. The van der Waals surface area contributed by atoms with E-state index in [1.165, 1.54) is 23.9 Å².